The molecule has 0 aliphatic rings. The maximum atomic E-state index is 4.69. The molecule has 2 heterocycles. The number of hydrogen-bond acceptors (Lipinski definition) is 2. The normalized spacial score (nSPS) is 10.9. The molecule has 2 aromatic heterocycles. The number of aromatic nitrogens is 4. The van der Waals surface area contributed by atoms with Gasteiger partial charge in [0, 0.05) is 50.8 Å². The van der Waals surface area contributed by atoms with Crippen molar-refractivity contribution in [3.63, 3.8) is 0 Å². The molecule has 0 aliphatic heterocycles. The van der Waals surface area contributed by atoms with E-state index in [9.17, 15) is 0 Å². The predicted molar refractivity (Wildman–Crippen MR) is 117 cm³/mol. The minimum absolute atomic E-state index is 0. The van der Waals surface area contributed by atoms with E-state index in [1.54, 1.807) is 0 Å². The van der Waals surface area contributed by atoms with Gasteiger partial charge in [-0.2, -0.15) is 0 Å². The molecule has 3 aromatic carbocycles. The van der Waals surface area contributed by atoms with Crippen LogP contribution < -0.4 is 0 Å². The molecule has 0 amide bonds. The summed E-state index contributed by atoms with van der Waals surface area (Å²) in [5.41, 5.74) is 8.97. The summed E-state index contributed by atoms with van der Waals surface area (Å²) in [6.07, 6.45) is 5.71. The van der Waals surface area contributed by atoms with E-state index >= 15 is 0 Å². The number of imidazole rings is 2. The van der Waals surface area contributed by atoms with Crippen LogP contribution in [0.1, 0.15) is 11.1 Å². The second-order valence-electron chi connectivity index (χ2n) is 7.39. The van der Waals surface area contributed by atoms with Crippen molar-refractivity contribution in [1.82, 2.24) is 19.1 Å². The molecular formula is C25H21IrN4-. The molecule has 151 valence electrons. The van der Waals surface area contributed by atoms with E-state index in [0.29, 0.717) is 0 Å². The Bertz CT molecular complexity index is 1310. The number of benzene rings is 3. The maximum Gasteiger partial charge on any atom is 0.0852 e. The van der Waals surface area contributed by atoms with Crippen LogP contribution in [0.25, 0.3) is 39.2 Å². The van der Waals surface area contributed by atoms with Crippen molar-refractivity contribution < 1.29 is 20.1 Å². The third-order valence-corrected chi connectivity index (χ3v) is 5.37. The van der Waals surface area contributed by atoms with Gasteiger partial charge in [0.25, 0.3) is 0 Å². The molecular weight excluding hydrogens is 549 g/mol. The molecule has 0 fully saturated rings. The zero-order valence-corrected chi connectivity index (χ0v) is 19.4. The summed E-state index contributed by atoms with van der Waals surface area (Å²) in [7, 11) is 2.01. The van der Waals surface area contributed by atoms with Gasteiger partial charge in [0.1, 0.15) is 0 Å². The molecule has 0 bridgehead atoms. The van der Waals surface area contributed by atoms with Crippen LogP contribution in [0.5, 0.6) is 0 Å². The Balaban J connectivity index is 0.00000218. The first-order valence-electron chi connectivity index (χ1n) is 9.66. The Kier molecular flexibility index (Phi) is 5.42. The van der Waals surface area contributed by atoms with Gasteiger partial charge in [-0.05, 0) is 53.8 Å². The Morgan fingerprint density at radius 2 is 1.63 bits per heavy atom. The number of nitrogens with zero attached hydrogens (tertiary/aromatic N) is 4. The van der Waals surface area contributed by atoms with E-state index in [2.05, 4.69) is 70.8 Å². The predicted octanol–water partition coefficient (Wildman–Crippen LogP) is 5.51. The molecule has 30 heavy (non-hydrogen) atoms. The third-order valence-electron chi connectivity index (χ3n) is 5.37. The fourth-order valence-corrected chi connectivity index (χ4v) is 4.12. The second kappa shape index (κ2) is 8.02. The van der Waals surface area contributed by atoms with Gasteiger partial charge in [0.2, 0.25) is 0 Å². The van der Waals surface area contributed by atoms with E-state index in [1.807, 2.05) is 48.5 Å². The first-order chi connectivity index (χ1) is 14.1. The van der Waals surface area contributed by atoms with Crippen LogP contribution >= 0.6 is 0 Å². The van der Waals surface area contributed by atoms with Crippen LogP contribution in [0.15, 0.2) is 73.3 Å². The summed E-state index contributed by atoms with van der Waals surface area (Å²) in [5, 5.41) is 0. The van der Waals surface area contributed by atoms with Crippen molar-refractivity contribution in [1.29, 1.82) is 0 Å². The van der Waals surface area contributed by atoms with E-state index in [4.69, 9.17) is 0 Å². The Morgan fingerprint density at radius 1 is 0.900 bits per heavy atom. The van der Waals surface area contributed by atoms with Crippen molar-refractivity contribution in [2.75, 3.05) is 0 Å². The molecule has 0 atom stereocenters. The molecule has 0 saturated carbocycles. The van der Waals surface area contributed by atoms with Crippen LogP contribution in [-0.2, 0) is 27.2 Å². The molecule has 5 aromatic rings. The van der Waals surface area contributed by atoms with Gasteiger partial charge in [0.15, 0.2) is 0 Å². The molecule has 0 spiro atoms. The first-order valence-corrected chi connectivity index (χ1v) is 9.66. The SMILES string of the molecule is Cc1cc(-c2ccccc2)cc(C)c1-n1ccnc1-c1[c-]ccc2ncn(C)c12.[Ir]. The summed E-state index contributed by atoms with van der Waals surface area (Å²) in [5.74, 6) is 0.873. The Hall–Kier alpha value is -3.01. The van der Waals surface area contributed by atoms with E-state index in [1.165, 1.54) is 22.3 Å². The summed E-state index contributed by atoms with van der Waals surface area (Å²) < 4.78 is 4.19. The van der Waals surface area contributed by atoms with Crippen LogP contribution in [0.3, 0.4) is 0 Å². The minimum Gasteiger partial charge on any atom is -0.374 e. The Labute approximate surface area is 189 Å². The van der Waals surface area contributed by atoms with E-state index in [0.717, 1.165) is 28.1 Å². The van der Waals surface area contributed by atoms with Gasteiger partial charge in [-0.15, -0.1) is 18.2 Å². The largest absolute Gasteiger partial charge is 0.374 e. The summed E-state index contributed by atoms with van der Waals surface area (Å²) in [6.45, 7) is 4.32. The van der Waals surface area contributed by atoms with Crippen LogP contribution in [0.2, 0.25) is 0 Å². The van der Waals surface area contributed by atoms with Crippen LogP contribution in [0, 0.1) is 19.9 Å². The molecule has 0 saturated heterocycles. The molecule has 4 nitrogen and oxygen atoms in total. The van der Waals surface area contributed by atoms with Crippen molar-refractivity contribution in [2.45, 2.75) is 13.8 Å². The van der Waals surface area contributed by atoms with Crippen LogP contribution in [0.4, 0.5) is 0 Å². The molecule has 0 unspecified atom stereocenters. The molecule has 0 aliphatic carbocycles. The zero-order chi connectivity index (χ0) is 20.0. The summed E-state index contributed by atoms with van der Waals surface area (Å²) in [6, 6.07) is 22.3. The molecule has 1 radical (unpaired) electrons. The second-order valence-corrected chi connectivity index (χ2v) is 7.39. The van der Waals surface area contributed by atoms with Gasteiger partial charge in [-0.3, -0.25) is 9.97 Å². The third kappa shape index (κ3) is 3.30. The van der Waals surface area contributed by atoms with Gasteiger partial charge in [0.05, 0.1) is 12.2 Å². The van der Waals surface area contributed by atoms with Crippen molar-refractivity contribution in [3.05, 3.63) is 90.5 Å². The quantitative estimate of drug-likeness (QED) is 0.269. The van der Waals surface area contributed by atoms with Gasteiger partial charge >= 0.3 is 0 Å². The summed E-state index contributed by atoms with van der Waals surface area (Å²) >= 11 is 0. The smallest absolute Gasteiger partial charge is 0.0852 e. The fourth-order valence-electron chi connectivity index (χ4n) is 4.12. The molecule has 5 rings (SSSR count). The van der Waals surface area contributed by atoms with Crippen molar-refractivity contribution in [3.8, 4) is 28.2 Å². The van der Waals surface area contributed by atoms with Crippen LogP contribution in [-0.4, -0.2) is 19.1 Å². The number of hydrogen-bond donors (Lipinski definition) is 0. The monoisotopic (exact) mass is 570 g/mol. The molecule has 0 N–H and O–H groups in total. The zero-order valence-electron chi connectivity index (χ0n) is 17.1. The minimum atomic E-state index is 0. The van der Waals surface area contributed by atoms with Crippen molar-refractivity contribution >= 4 is 11.0 Å². The van der Waals surface area contributed by atoms with E-state index < -0.39 is 0 Å². The number of fused-ring (bicyclic) bond motifs is 1. The fraction of sp³-hybridized carbons (Fsp3) is 0.120. The number of aryl methyl sites for hydroxylation is 3. The average Bonchev–Trinajstić information content (AvgIpc) is 3.35. The topological polar surface area (TPSA) is 35.6 Å². The first kappa shape index (κ1) is 20.3. The van der Waals surface area contributed by atoms with Crippen molar-refractivity contribution in [2.24, 2.45) is 7.05 Å². The Morgan fingerprint density at radius 3 is 2.37 bits per heavy atom. The number of rotatable bonds is 3. The maximum absolute atomic E-state index is 4.69. The van der Waals surface area contributed by atoms with Gasteiger partial charge in [-0.25, -0.2) is 0 Å². The van der Waals surface area contributed by atoms with E-state index in [-0.39, 0.29) is 20.1 Å². The average molecular weight is 570 g/mol. The molecule has 5 heteroatoms. The van der Waals surface area contributed by atoms with Gasteiger partial charge < -0.3 is 9.13 Å². The standard InChI is InChI=1S/C25H21N4.Ir/c1-17-14-20(19-8-5-4-6-9-19)15-18(2)23(17)29-13-12-26-25(29)21-10-7-11-22-24(21)28(3)16-27-22;/h4-9,11-16H,1-3H3;/q-1;. The summed E-state index contributed by atoms with van der Waals surface area (Å²) in [4.78, 5) is 9.16. The van der Waals surface area contributed by atoms with Gasteiger partial charge in [-0.1, -0.05) is 35.9 Å².